The fourth-order valence-electron chi connectivity index (χ4n) is 2.79. The van der Waals surface area contributed by atoms with Crippen LogP contribution in [0.15, 0.2) is 48.5 Å². The van der Waals surface area contributed by atoms with E-state index in [4.69, 9.17) is 0 Å². The van der Waals surface area contributed by atoms with E-state index in [2.05, 4.69) is 10.6 Å². The molecule has 0 unspecified atom stereocenters. The molecule has 0 aliphatic rings. The van der Waals surface area contributed by atoms with Crippen LogP contribution < -0.4 is 10.6 Å². The van der Waals surface area contributed by atoms with Crippen molar-refractivity contribution in [1.29, 1.82) is 0 Å². The van der Waals surface area contributed by atoms with Crippen LogP contribution in [0.1, 0.15) is 23.6 Å². The lowest BCUT2D eigenvalue weighted by atomic mass is 10.0. The molecule has 0 spiro atoms. The molecule has 0 saturated heterocycles. The highest BCUT2D eigenvalue weighted by atomic mass is 19.1. The van der Waals surface area contributed by atoms with Crippen LogP contribution in [0.25, 0.3) is 0 Å². The molecule has 0 radical (unpaired) electrons. The lowest BCUT2D eigenvalue weighted by Crippen LogP contribution is -2.52. The molecule has 0 aliphatic carbocycles. The van der Waals surface area contributed by atoms with Crippen molar-refractivity contribution < 1.29 is 23.9 Å². The van der Waals surface area contributed by atoms with E-state index in [-0.39, 0.29) is 12.8 Å². The summed E-state index contributed by atoms with van der Waals surface area (Å²) in [7, 11) is 0. The Kier molecular flexibility index (Phi) is 7.26. The minimum absolute atomic E-state index is 0.0417. The Hall–Kier alpha value is -3.22. The van der Waals surface area contributed by atoms with Gasteiger partial charge < -0.3 is 15.7 Å². The summed E-state index contributed by atoms with van der Waals surface area (Å²) >= 11 is 0. The third kappa shape index (κ3) is 6.50. The molecule has 3 N–H and O–H groups in total. The minimum atomic E-state index is -1.18. The summed E-state index contributed by atoms with van der Waals surface area (Å²) < 4.78 is 13.4. The summed E-state index contributed by atoms with van der Waals surface area (Å²) in [5.74, 6) is -2.72. The zero-order chi connectivity index (χ0) is 20.7. The third-order valence-corrected chi connectivity index (χ3v) is 4.20. The summed E-state index contributed by atoms with van der Waals surface area (Å²) in [6.07, 6.45) is 0.147. The number of carboxylic acids is 1. The Balaban J connectivity index is 2.12. The zero-order valence-corrected chi connectivity index (χ0v) is 15.7. The number of amides is 2. The maximum absolute atomic E-state index is 13.4. The Labute approximate surface area is 162 Å². The zero-order valence-electron chi connectivity index (χ0n) is 15.7. The maximum Gasteiger partial charge on any atom is 0.326 e. The predicted octanol–water partition coefficient (Wildman–Crippen LogP) is 1.99. The van der Waals surface area contributed by atoms with Crippen LogP contribution in [0.3, 0.4) is 0 Å². The van der Waals surface area contributed by atoms with E-state index in [9.17, 15) is 23.9 Å². The van der Waals surface area contributed by atoms with Crippen LogP contribution in [0.4, 0.5) is 4.39 Å². The number of carbonyl (C=O) groups excluding carboxylic acids is 2. The number of aliphatic carboxylic acids is 1. The molecular weight excluding hydrogens is 363 g/mol. The van der Waals surface area contributed by atoms with Crippen LogP contribution in [-0.4, -0.2) is 35.0 Å². The van der Waals surface area contributed by atoms with Gasteiger partial charge in [-0.25, -0.2) is 9.18 Å². The standard InChI is InChI=1S/C21H23FN2O4/c1-13-6-8-15(9-7-13)11-19(21(27)28)24-20(26)18(23-14(2)25)12-16-4-3-5-17(22)10-16/h3-10,18-19H,11-12H2,1-2H3,(H,23,25)(H,24,26)(H,27,28)/t18-,19+/m0/s1. The second kappa shape index (κ2) is 9.64. The van der Waals surface area contributed by atoms with E-state index in [1.54, 1.807) is 18.2 Å². The number of carboxylic acid groups (broad SMARTS) is 1. The smallest absolute Gasteiger partial charge is 0.326 e. The Morgan fingerprint density at radius 2 is 1.61 bits per heavy atom. The van der Waals surface area contributed by atoms with Crippen LogP contribution >= 0.6 is 0 Å². The summed E-state index contributed by atoms with van der Waals surface area (Å²) in [4.78, 5) is 35.7. The molecule has 0 fully saturated rings. The van der Waals surface area contributed by atoms with E-state index in [0.717, 1.165) is 11.1 Å². The van der Waals surface area contributed by atoms with Gasteiger partial charge in [0.05, 0.1) is 0 Å². The summed E-state index contributed by atoms with van der Waals surface area (Å²) in [6, 6.07) is 10.8. The van der Waals surface area contributed by atoms with Gasteiger partial charge in [-0.15, -0.1) is 0 Å². The molecule has 0 saturated carbocycles. The van der Waals surface area contributed by atoms with Gasteiger partial charge in [0.1, 0.15) is 17.9 Å². The highest BCUT2D eigenvalue weighted by Gasteiger charge is 2.26. The fraction of sp³-hybridized carbons (Fsp3) is 0.286. The average molecular weight is 386 g/mol. The van der Waals surface area contributed by atoms with Crippen molar-refractivity contribution in [2.75, 3.05) is 0 Å². The number of rotatable bonds is 8. The molecule has 2 aromatic rings. The lowest BCUT2D eigenvalue weighted by molar-refractivity contribution is -0.142. The summed E-state index contributed by atoms with van der Waals surface area (Å²) in [5, 5.41) is 14.4. The van der Waals surface area contributed by atoms with Crippen molar-refractivity contribution in [3.63, 3.8) is 0 Å². The van der Waals surface area contributed by atoms with E-state index < -0.39 is 35.7 Å². The predicted molar refractivity (Wildman–Crippen MR) is 102 cm³/mol. The van der Waals surface area contributed by atoms with Crippen LogP contribution in [0.2, 0.25) is 0 Å². The van der Waals surface area contributed by atoms with Gasteiger partial charge in [-0.1, -0.05) is 42.0 Å². The van der Waals surface area contributed by atoms with Gasteiger partial charge in [0.25, 0.3) is 0 Å². The van der Waals surface area contributed by atoms with E-state index in [1.165, 1.54) is 25.1 Å². The molecule has 0 bridgehead atoms. The third-order valence-electron chi connectivity index (χ3n) is 4.20. The SMILES string of the molecule is CC(=O)N[C@@H](Cc1cccc(F)c1)C(=O)N[C@H](Cc1ccc(C)cc1)C(=O)O. The first-order valence-electron chi connectivity index (χ1n) is 8.85. The molecule has 0 aliphatic heterocycles. The van der Waals surface area contributed by atoms with Crippen LogP contribution in [-0.2, 0) is 27.2 Å². The highest BCUT2D eigenvalue weighted by molar-refractivity contribution is 5.90. The number of carbonyl (C=O) groups is 3. The topological polar surface area (TPSA) is 95.5 Å². The number of hydrogen-bond acceptors (Lipinski definition) is 3. The Morgan fingerprint density at radius 1 is 0.964 bits per heavy atom. The van der Waals surface area contributed by atoms with Gasteiger partial charge in [0.15, 0.2) is 0 Å². The molecule has 2 rings (SSSR count). The van der Waals surface area contributed by atoms with Crippen molar-refractivity contribution in [3.8, 4) is 0 Å². The molecule has 6 nitrogen and oxygen atoms in total. The van der Waals surface area contributed by atoms with E-state index in [0.29, 0.717) is 5.56 Å². The van der Waals surface area contributed by atoms with Crippen molar-refractivity contribution in [2.24, 2.45) is 0 Å². The first kappa shape index (κ1) is 21.1. The molecule has 28 heavy (non-hydrogen) atoms. The number of aryl methyl sites for hydroxylation is 1. The molecule has 0 heterocycles. The lowest BCUT2D eigenvalue weighted by Gasteiger charge is -2.21. The summed E-state index contributed by atoms with van der Waals surface area (Å²) in [6.45, 7) is 3.18. The van der Waals surface area contributed by atoms with Crippen molar-refractivity contribution in [3.05, 3.63) is 71.0 Å². The quantitative estimate of drug-likeness (QED) is 0.647. The molecule has 148 valence electrons. The van der Waals surface area contributed by atoms with Gasteiger partial charge in [0, 0.05) is 19.8 Å². The monoisotopic (exact) mass is 386 g/mol. The fourth-order valence-corrected chi connectivity index (χ4v) is 2.79. The number of benzene rings is 2. The summed E-state index contributed by atoms with van der Waals surface area (Å²) in [5.41, 5.74) is 2.32. The van der Waals surface area contributed by atoms with Crippen molar-refractivity contribution in [2.45, 2.75) is 38.8 Å². The van der Waals surface area contributed by atoms with Crippen LogP contribution in [0.5, 0.6) is 0 Å². The molecule has 2 atom stereocenters. The molecule has 2 aromatic carbocycles. The highest BCUT2D eigenvalue weighted by Crippen LogP contribution is 2.09. The number of hydrogen-bond donors (Lipinski definition) is 3. The second-order valence-electron chi connectivity index (χ2n) is 6.68. The van der Waals surface area contributed by atoms with Gasteiger partial charge in [0.2, 0.25) is 11.8 Å². The molecule has 2 amide bonds. The molecule has 7 heteroatoms. The normalized spacial score (nSPS) is 12.7. The average Bonchev–Trinajstić information content (AvgIpc) is 2.62. The number of nitrogens with one attached hydrogen (secondary N) is 2. The first-order chi connectivity index (χ1) is 13.2. The van der Waals surface area contributed by atoms with E-state index >= 15 is 0 Å². The van der Waals surface area contributed by atoms with Crippen molar-refractivity contribution in [1.82, 2.24) is 10.6 Å². The van der Waals surface area contributed by atoms with Gasteiger partial charge in [-0.2, -0.15) is 0 Å². The molecule has 0 aromatic heterocycles. The Morgan fingerprint density at radius 3 is 2.18 bits per heavy atom. The van der Waals surface area contributed by atoms with Crippen LogP contribution in [0, 0.1) is 12.7 Å². The molecular formula is C21H23FN2O4. The Bertz CT molecular complexity index is 852. The maximum atomic E-state index is 13.4. The van der Waals surface area contributed by atoms with Crippen molar-refractivity contribution >= 4 is 17.8 Å². The van der Waals surface area contributed by atoms with Gasteiger partial charge in [-0.05, 0) is 30.2 Å². The second-order valence-corrected chi connectivity index (χ2v) is 6.68. The first-order valence-corrected chi connectivity index (χ1v) is 8.85. The van der Waals surface area contributed by atoms with Gasteiger partial charge in [-0.3, -0.25) is 9.59 Å². The minimum Gasteiger partial charge on any atom is -0.480 e. The van der Waals surface area contributed by atoms with E-state index in [1.807, 2.05) is 19.1 Å². The van der Waals surface area contributed by atoms with Gasteiger partial charge >= 0.3 is 5.97 Å². The number of halogens is 1. The largest absolute Gasteiger partial charge is 0.480 e.